The van der Waals surface area contributed by atoms with Crippen LogP contribution in [0.4, 0.5) is 0 Å². The van der Waals surface area contributed by atoms with Crippen LogP contribution in [0.5, 0.6) is 0 Å². The topological polar surface area (TPSA) is 29.3 Å². The first-order chi connectivity index (χ1) is 7.03. The van der Waals surface area contributed by atoms with E-state index in [0.717, 1.165) is 18.9 Å². The lowest BCUT2D eigenvalue weighted by atomic mass is 10.1. The summed E-state index contributed by atoms with van der Waals surface area (Å²) in [4.78, 5) is 2.61. The van der Waals surface area contributed by atoms with Gasteiger partial charge in [0.05, 0.1) is 0 Å². The summed E-state index contributed by atoms with van der Waals surface area (Å²) >= 11 is 2.12. The molecule has 0 radical (unpaired) electrons. The predicted molar refractivity (Wildman–Crippen MR) is 70.4 cm³/mol. The van der Waals surface area contributed by atoms with Crippen molar-refractivity contribution in [2.75, 3.05) is 31.9 Å². The van der Waals surface area contributed by atoms with Crippen LogP contribution in [-0.4, -0.2) is 41.6 Å². The van der Waals surface area contributed by atoms with Crippen LogP contribution in [0.25, 0.3) is 0 Å². The molecule has 0 bridgehead atoms. The van der Waals surface area contributed by atoms with E-state index in [1.807, 2.05) is 0 Å². The van der Waals surface area contributed by atoms with Gasteiger partial charge in [0.2, 0.25) is 0 Å². The van der Waals surface area contributed by atoms with E-state index in [1.54, 1.807) is 0 Å². The highest BCUT2D eigenvalue weighted by atomic mass is 32.2. The summed E-state index contributed by atoms with van der Waals surface area (Å²) in [6, 6.07) is 0. The average molecular weight is 230 g/mol. The van der Waals surface area contributed by atoms with E-state index in [0.29, 0.717) is 4.75 Å². The van der Waals surface area contributed by atoms with Crippen molar-refractivity contribution in [3.05, 3.63) is 0 Å². The summed E-state index contributed by atoms with van der Waals surface area (Å²) in [7, 11) is 0. The SMILES string of the molecule is CC(CCN)CN1CCSC(C)(C)CC1. The Morgan fingerprint density at radius 3 is 2.80 bits per heavy atom. The van der Waals surface area contributed by atoms with Crippen molar-refractivity contribution < 1.29 is 0 Å². The van der Waals surface area contributed by atoms with Crippen LogP contribution < -0.4 is 5.73 Å². The quantitative estimate of drug-likeness (QED) is 0.803. The molecule has 0 saturated carbocycles. The van der Waals surface area contributed by atoms with Gasteiger partial charge in [-0.05, 0) is 31.8 Å². The fraction of sp³-hybridized carbons (Fsp3) is 1.00. The van der Waals surface area contributed by atoms with E-state index < -0.39 is 0 Å². The molecule has 1 aliphatic heterocycles. The van der Waals surface area contributed by atoms with Crippen LogP contribution >= 0.6 is 11.8 Å². The van der Waals surface area contributed by atoms with Gasteiger partial charge in [-0.15, -0.1) is 0 Å². The van der Waals surface area contributed by atoms with Crippen LogP contribution in [0.3, 0.4) is 0 Å². The van der Waals surface area contributed by atoms with Gasteiger partial charge >= 0.3 is 0 Å². The Bertz CT molecular complexity index is 182. The molecule has 1 saturated heterocycles. The van der Waals surface area contributed by atoms with Crippen molar-refractivity contribution in [3.8, 4) is 0 Å². The number of hydrogen-bond donors (Lipinski definition) is 1. The lowest BCUT2D eigenvalue weighted by molar-refractivity contribution is 0.242. The third-order valence-corrected chi connectivity index (χ3v) is 4.53. The Morgan fingerprint density at radius 2 is 2.13 bits per heavy atom. The minimum Gasteiger partial charge on any atom is -0.330 e. The van der Waals surface area contributed by atoms with Crippen LogP contribution in [-0.2, 0) is 0 Å². The fourth-order valence-electron chi connectivity index (χ4n) is 2.06. The molecule has 1 rings (SSSR count). The molecule has 0 aliphatic carbocycles. The Balaban J connectivity index is 2.31. The Morgan fingerprint density at radius 1 is 1.40 bits per heavy atom. The van der Waals surface area contributed by atoms with Crippen molar-refractivity contribution in [3.63, 3.8) is 0 Å². The zero-order valence-corrected chi connectivity index (χ0v) is 11.3. The number of nitrogens with zero attached hydrogens (tertiary/aromatic N) is 1. The van der Waals surface area contributed by atoms with Gasteiger partial charge in [-0.3, -0.25) is 0 Å². The summed E-state index contributed by atoms with van der Waals surface area (Å²) in [6.07, 6.45) is 2.47. The van der Waals surface area contributed by atoms with Crippen molar-refractivity contribution >= 4 is 11.8 Å². The van der Waals surface area contributed by atoms with E-state index in [4.69, 9.17) is 5.73 Å². The summed E-state index contributed by atoms with van der Waals surface area (Å²) in [5, 5.41) is 0. The number of thioether (sulfide) groups is 1. The minimum absolute atomic E-state index is 0.478. The second-order valence-corrected chi connectivity index (χ2v) is 7.14. The highest BCUT2D eigenvalue weighted by Crippen LogP contribution is 2.30. The molecule has 2 nitrogen and oxygen atoms in total. The van der Waals surface area contributed by atoms with E-state index in [-0.39, 0.29) is 0 Å². The molecule has 0 spiro atoms. The molecule has 1 aliphatic rings. The molecule has 0 amide bonds. The standard InChI is InChI=1S/C12H26N2S/c1-11(4-6-13)10-14-7-5-12(2,3)15-9-8-14/h11H,4-10,13H2,1-3H3. The maximum atomic E-state index is 5.59. The minimum atomic E-state index is 0.478. The van der Waals surface area contributed by atoms with Crippen LogP contribution in [0, 0.1) is 5.92 Å². The maximum Gasteiger partial charge on any atom is 0.0116 e. The molecule has 2 N–H and O–H groups in total. The normalized spacial score (nSPS) is 24.8. The third kappa shape index (κ3) is 5.23. The van der Waals surface area contributed by atoms with Crippen molar-refractivity contribution in [1.29, 1.82) is 0 Å². The Labute approximate surface area is 99.0 Å². The van der Waals surface area contributed by atoms with Gasteiger partial charge in [0.25, 0.3) is 0 Å². The molecule has 3 heteroatoms. The molecule has 0 aromatic carbocycles. The third-order valence-electron chi connectivity index (χ3n) is 3.16. The highest BCUT2D eigenvalue weighted by molar-refractivity contribution is 8.00. The van der Waals surface area contributed by atoms with E-state index in [9.17, 15) is 0 Å². The summed E-state index contributed by atoms with van der Waals surface area (Å²) < 4.78 is 0.478. The summed E-state index contributed by atoms with van der Waals surface area (Å²) in [5.74, 6) is 2.03. The van der Waals surface area contributed by atoms with Crippen LogP contribution in [0.1, 0.15) is 33.6 Å². The van der Waals surface area contributed by atoms with Gasteiger partial charge in [0.1, 0.15) is 0 Å². The van der Waals surface area contributed by atoms with Gasteiger partial charge < -0.3 is 10.6 Å². The van der Waals surface area contributed by atoms with Crippen LogP contribution in [0.15, 0.2) is 0 Å². The van der Waals surface area contributed by atoms with Gasteiger partial charge in [-0.1, -0.05) is 20.8 Å². The second-order valence-electron chi connectivity index (χ2n) is 5.34. The van der Waals surface area contributed by atoms with E-state index in [1.165, 1.54) is 31.8 Å². The molecule has 1 fully saturated rings. The smallest absolute Gasteiger partial charge is 0.0116 e. The van der Waals surface area contributed by atoms with Gasteiger partial charge in [0, 0.05) is 23.6 Å². The predicted octanol–water partition coefficient (Wildman–Crippen LogP) is 2.19. The summed E-state index contributed by atoms with van der Waals surface area (Å²) in [6.45, 7) is 11.6. The van der Waals surface area contributed by atoms with Crippen molar-refractivity contribution in [2.24, 2.45) is 11.7 Å². The highest BCUT2D eigenvalue weighted by Gasteiger charge is 2.23. The molecule has 15 heavy (non-hydrogen) atoms. The summed E-state index contributed by atoms with van der Waals surface area (Å²) in [5.41, 5.74) is 5.59. The molecular weight excluding hydrogens is 204 g/mol. The second kappa shape index (κ2) is 6.12. The van der Waals surface area contributed by atoms with Crippen molar-refractivity contribution in [1.82, 2.24) is 4.90 Å². The molecule has 1 heterocycles. The number of nitrogens with two attached hydrogens (primary N) is 1. The molecule has 1 atom stereocenters. The Kier molecular flexibility index (Phi) is 5.44. The monoisotopic (exact) mass is 230 g/mol. The first kappa shape index (κ1) is 13.3. The lowest BCUT2D eigenvalue weighted by Crippen LogP contribution is -2.32. The molecule has 90 valence electrons. The largest absolute Gasteiger partial charge is 0.330 e. The fourth-order valence-corrected chi connectivity index (χ4v) is 3.20. The first-order valence-electron chi connectivity index (χ1n) is 6.10. The first-order valence-corrected chi connectivity index (χ1v) is 7.08. The maximum absolute atomic E-state index is 5.59. The van der Waals surface area contributed by atoms with Crippen LogP contribution in [0.2, 0.25) is 0 Å². The zero-order chi connectivity index (χ0) is 11.3. The van der Waals surface area contributed by atoms with Gasteiger partial charge in [-0.25, -0.2) is 0 Å². The lowest BCUT2D eigenvalue weighted by Gasteiger charge is -2.24. The molecule has 0 aromatic heterocycles. The average Bonchev–Trinajstić information content (AvgIpc) is 2.28. The Hall–Kier alpha value is 0.270. The number of rotatable bonds is 4. The van der Waals surface area contributed by atoms with Gasteiger partial charge in [0.15, 0.2) is 0 Å². The molecule has 0 aromatic rings. The van der Waals surface area contributed by atoms with E-state index >= 15 is 0 Å². The van der Waals surface area contributed by atoms with Crippen molar-refractivity contribution in [2.45, 2.75) is 38.4 Å². The molecule has 1 unspecified atom stereocenters. The van der Waals surface area contributed by atoms with E-state index in [2.05, 4.69) is 37.4 Å². The molecular formula is C12H26N2S. The number of hydrogen-bond acceptors (Lipinski definition) is 3. The zero-order valence-electron chi connectivity index (χ0n) is 10.5. The van der Waals surface area contributed by atoms with Gasteiger partial charge in [-0.2, -0.15) is 11.8 Å².